The van der Waals surface area contributed by atoms with E-state index in [1.807, 2.05) is 13.8 Å². The van der Waals surface area contributed by atoms with Gasteiger partial charge in [-0.1, -0.05) is 13.8 Å². The lowest BCUT2D eigenvalue weighted by atomic mass is 10.0. The maximum atomic E-state index is 11.4. The number of rotatable bonds is 5. The number of nitrogens with one attached hydrogen (secondary N) is 1. The van der Waals surface area contributed by atoms with E-state index in [2.05, 4.69) is 5.32 Å². The van der Waals surface area contributed by atoms with Crippen LogP contribution in [0.2, 0.25) is 0 Å². The van der Waals surface area contributed by atoms with Crippen LogP contribution in [0.15, 0.2) is 0 Å². The zero-order valence-electron chi connectivity index (χ0n) is 11.2. The van der Waals surface area contributed by atoms with E-state index in [0.29, 0.717) is 12.3 Å². The first-order chi connectivity index (χ1) is 7.61. The summed E-state index contributed by atoms with van der Waals surface area (Å²) in [6, 6.07) is -0.882. The Hall–Kier alpha value is -1.26. The van der Waals surface area contributed by atoms with Gasteiger partial charge in [-0.2, -0.15) is 0 Å². The molecule has 0 fully saturated rings. The fraction of sp³-hybridized carbons (Fsp3) is 0.833. The molecule has 0 saturated heterocycles. The second-order valence-corrected chi connectivity index (χ2v) is 5.51. The molecule has 5 nitrogen and oxygen atoms in total. The number of carbonyl (C=O) groups is 2. The van der Waals surface area contributed by atoms with Crippen molar-refractivity contribution in [1.29, 1.82) is 0 Å². The van der Waals surface area contributed by atoms with Crippen LogP contribution in [0.3, 0.4) is 0 Å². The van der Waals surface area contributed by atoms with Gasteiger partial charge in [0.25, 0.3) is 0 Å². The highest BCUT2D eigenvalue weighted by Crippen LogP contribution is 2.10. The number of carboxylic acids is 1. The Balaban J connectivity index is 4.26. The maximum absolute atomic E-state index is 11.4. The molecular formula is C12H23NO4. The summed E-state index contributed by atoms with van der Waals surface area (Å²) in [5, 5.41) is 11.3. The largest absolute Gasteiger partial charge is 0.480 e. The van der Waals surface area contributed by atoms with Crippen molar-refractivity contribution in [2.45, 2.75) is 59.1 Å². The van der Waals surface area contributed by atoms with Gasteiger partial charge in [0.15, 0.2) is 0 Å². The summed E-state index contributed by atoms with van der Waals surface area (Å²) in [4.78, 5) is 22.4. The van der Waals surface area contributed by atoms with E-state index in [4.69, 9.17) is 9.84 Å². The van der Waals surface area contributed by atoms with E-state index in [-0.39, 0.29) is 0 Å². The Labute approximate surface area is 103 Å². The van der Waals surface area contributed by atoms with Gasteiger partial charge in [0.1, 0.15) is 11.6 Å². The van der Waals surface area contributed by atoms with Gasteiger partial charge in [-0.05, 0) is 39.5 Å². The van der Waals surface area contributed by atoms with E-state index in [9.17, 15) is 9.59 Å². The molecule has 0 aliphatic carbocycles. The molecular weight excluding hydrogens is 222 g/mol. The van der Waals surface area contributed by atoms with E-state index in [1.165, 1.54) is 0 Å². The Morgan fingerprint density at radius 2 is 1.76 bits per heavy atom. The van der Waals surface area contributed by atoms with E-state index < -0.39 is 23.7 Å². The summed E-state index contributed by atoms with van der Waals surface area (Å²) in [6.07, 6.45) is 0.465. The minimum absolute atomic E-state index is 0.400. The van der Waals surface area contributed by atoms with Gasteiger partial charge >= 0.3 is 12.1 Å². The highest BCUT2D eigenvalue weighted by atomic mass is 16.6. The summed E-state index contributed by atoms with van der Waals surface area (Å²) >= 11 is 0. The number of aliphatic carboxylic acids is 1. The van der Waals surface area contributed by atoms with Gasteiger partial charge in [0.2, 0.25) is 0 Å². The predicted molar refractivity (Wildman–Crippen MR) is 64.9 cm³/mol. The van der Waals surface area contributed by atoms with Gasteiger partial charge in [-0.25, -0.2) is 9.59 Å². The first-order valence-electron chi connectivity index (χ1n) is 5.84. The number of ether oxygens (including phenoxy) is 1. The van der Waals surface area contributed by atoms with Crippen LogP contribution in [0, 0.1) is 5.92 Å². The molecule has 0 heterocycles. The Kier molecular flexibility index (Phi) is 5.99. The fourth-order valence-corrected chi connectivity index (χ4v) is 1.21. The number of carboxylic acid groups (broad SMARTS) is 1. The average molecular weight is 245 g/mol. The molecule has 0 bridgehead atoms. The molecule has 0 aromatic rings. The molecule has 0 radical (unpaired) electrons. The van der Waals surface area contributed by atoms with Crippen molar-refractivity contribution in [2.75, 3.05) is 0 Å². The molecule has 17 heavy (non-hydrogen) atoms. The molecule has 0 aliphatic rings. The molecule has 5 heteroatoms. The van der Waals surface area contributed by atoms with E-state index in [1.54, 1.807) is 20.8 Å². The van der Waals surface area contributed by atoms with Crippen LogP contribution in [0.4, 0.5) is 4.79 Å². The molecule has 1 atom stereocenters. The standard InChI is InChI=1S/C12H23NO4/c1-8(2)6-7-9(10(14)15)13-11(16)17-12(3,4)5/h8-9H,6-7H2,1-5H3,(H,13,16)(H,14,15)/t9-/m1/s1. The number of hydrogen-bond donors (Lipinski definition) is 2. The summed E-state index contributed by atoms with van der Waals surface area (Å²) in [7, 11) is 0. The monoisotopic (exact) mass is 245 g/mol. The van der Waals surface area contributed by atoms with Crippen molar-refractivity contribution in [3.63, 3.8) is 0 Å². The molecule has 0 saturated carbocycles. The SMILES string of the molecule is CC(C)CC[C@@H](NC(=O)OC(C)(C)C)C(=O)O. The molecule has 0 rings (SSSR count). The third-order valence-corrected chi connectivity index (χ3v) is 2.02. The molecule has 0 aliphatic heterocycles. The Morgan fingerprint density at radius 1 is 1.24 bits per heavy atom. The topological polar surface area (TPSA) is 75.6 Å². The summed E-state index contributed by atoms with van der Waals surface area (Å²) in [5.41, 5.74) is -0.620. The first-order valence-corrected chi connectivity index (χ1v) is 5.84. The summed E-state index contributed by atoms with van der Waals surface area (Å²) in [6.45, 7) is 9.21. The molecule has 100 valence electrons. The average Bonchev–Trinajstić information content (AvgIpc) is 2.08. The third-order valence-electron chi connectivity index (χ3n) is 2.02. The van der Waals surface area contributed by atoms with Gasteiger partial charge in [-0.3, -0.25) is 0 Å². The predicted octanol–water partition coefficient (Wildman–Crippen LogP) is 2.40. The molecule has 1 amide bonds. The minimum Gasteiger partial charge on any atom is -0.480 e. The number of hydrogen-bond acceptors (Lipinski definition) is 3. The lowest BCUT2D eigenvalue weighted by Gasteiger charge is -2.22. The van der Waals surface area contributed by atoms with Crippen LogP contribution in [0.1, 0.15) is 47.5 Å². The Morgan fingerprint density at radius 3 is 2.12 bits per heavy atom. The second-order valence-electron chi connectivity index (χ2n) is 5.51. The second kappa shape index (κ2) is 6.47. The van der Waals surface area contributed by atoms with Crippen LogP contribution in [-0.2, 0) is 9.53 Å². The van der Waals surface area contributed by atoms with E-state index >= 15 is 0 Å². The zero-order valence-corrected chi connectivity index (χ0v) is 11.2. The highest BCUT2D eigenvalue weighted by Gasteiger charge is 2.23. The van der Waals surface area contributed by atoms with Crippen molar-refractivity contribution in [3.8, 4) is 0 Å². The third kappa shape index (κ3) is 8.54. The van der Waals surface area contributed by atoms with Gasteiger partial charge in [0.05, 0.1) is 0 Å². The van der Waals surface area contributed by atoms with Crippen LogP contribution in [0.25, 0.3) is 0 Å². The van der Waals surface area contributed by atoms with Crippen molar-refractivity contribution >= 4 is 12.1 Å². The molecule has 0 spiro atoms. The molecule has 2 N–H and O–H groups in total. The smallest absolute Gasteiger partial charge is 0.408 e. The lowest BCUT2D eigenvalue weighted by Crippen LogP contribution is -2.43. The van der Waals surface area contributed by atoms with Crippen LogP contribution in [0.5, 0.6) is 0 Å². The van der Waals surface area contributed by atoms with Crippen molar-refractivity contribution in [3.05, 3.63) is 0 Å². The van der Waals surface area contributed by atoms with Gasteiger partial charge in [0, 0.05) is 0 Å². The normalized spacial score (nSPS) is 13.3. The van der Waals surface area contributed by atoms with Crippen LogP contribution < -0.4 is 5.32 Å². The maximum Gasteiger partial charge on any atom is 0.408 e. The molecule has 0 unspecified atom stereocenters. The minimum atomic E-state index is -1.03. The quantitative estimate of drug-likeness (QED) is 0.779. The van der Waals surface area contributed by atoms with Crippen molar-refractivity contribution < 1.29 is 19.4 Å². The van der Waals surface area contributed by atoms with Gasteiger partial charge < -0.3 is 15.2 Å². The van der Waals surface area contributed by atoms with Crippen LogP contribution >= 0.6 is 0 Å². The lowest BCUT2D eigenvalue weighted by molar-refractivity contribution is -0.139. The van der Waals surface area contributed by atoms with Crippen molar-refractivity contribution in [1.82, 2.24) is 5.32 Å². The highest BCUT2D eigenvalue weighted by molar-refractivity contribution is 5.79. The number of carbonyl (C=O) groups excluding carboxylic acids is 1. The fourth-order valence-electron chi connectivity index (χ4n) is 1.21. The Bertz CT molecular complexity index is 268. The van der Waals surface area contributed by atoms with Crippen molar-refractivity contribution in [2.24, 2.45) is 5.92 Å². The van der Waals surface area contributed by atoms with E-state index in [0.717, 1.165) is 6.42 Å². The van der Waals surface area contributed by atoms with Crippen LogP contribution in [-0.4, -0.2) is 28.8 Å². The number of amides is 1. The van der Waals surface area contributed by atoms with Gasteiger partial charge in [-0.15, -0.1) is 0 Å². The molecule has 0 aromatic carbocycles. The summed E-state index contributed by atoms with van der Waals surface area (Å²) in [5.74, 6) is -0.631. The summed E-state index contributed by atoms with van der Waals surface area (Å²) < 4.78 is 5.01. The zero-order chi connectivity index (χ0) is 13.6. The first kappa shape index (κ1) is 15.7. The number of alkyl carbamates (subject to hydrolysis) is 1. The molecule has 0 aromatic heterocycles.